The number of carbonyl (C=O) groups is 1. The predicted octanol–water partition coefficient (Wildman–Crippen LogP) is 2.43. The molecule has 1 amide bonds. The highest BCUT2D eigenvalue weighted by molar-refractivity contribution is 5.98. The van der Waals surface area contributed by atoms with Crippen molar-refractivity contribution in [3.8, 4) is 0 Å². The maximum absolute atomic E-state index is 12.3. The molecule has 118 valence electrons. The fourth-order valence-electron chi connectivity index (χ4n) is 2.25. The zero-order valence-electron chi connectivity index (χ0n) is 13.2. The minimum Gasteiger partial charge on any atom is -0.396 e. The van der Waals surface area contributed by atoms with Crippen LogP contribution in [0, 0.1) is 5.92 Å². The van der Waals surface area contributed by atoms with Gasteiger partial charge in [-0.25, -0.2) is 4.98 Å². The Hall–Kier alpha value is -1.62. The predicted molar refractivity (Wildman–Crippen MR) is 85.4 cm³/mol. The molecule has 1 atom stereocenters. The summed E-state index contributed by atoms with van der Waals surface area (Å²) >= 11 is 0. The lowest BCUT2D eigenvalue weighted by Gasteiger charge is -2.17. The Balaban J connectivity index is 2.66. The van der Waals surface area contributed by atoms with Gasteiger partial charge in [-0.2, -0.15) is 0 Å². The fraction of sp³-hybridized carbons (Fsp3) is 0.625. The Bertz CT molecular complexity index is 429. The Labute approximate surface area is 127 Å². The van der Waals surface area contributed by atoms with Crippen LogP contribution in [0.15, 0.2) is 18.3 Å². The Morgan fingerprint density at radius 3 is 2.76 bits per heavy atom. The molecule has 0 aliphatic carbocycles. The molecule has 0 saturated carbocycles. The van der Waals surface area contributed by atoms with E-state index in [-0.39, 0.29) is 18.6 Å². The van der Waals surface area contributed by atoms with Gasteiger partial charge in [-0.3, -0.25) is 4.79 Å². The summed E-state index contributed by atoms with van der Waals surface area (Å²) in [6.07, 6.45) is 4.45. The molecule has 0 aliphatic rings. The van der Waals surface area contributed by atoms with Gasteiger partial charge in [0.15, 0.2) is 0 Å². The largest absolute Gasteiger partial charge is 0.396 e. The molecule has 1 rings (SSSR count). The van der Waals surface area contributed by atoms with E-state index in [2.05, 4.69) is 22.5 Å². The summed E-state index contributed by atoms with van der Waals surface area (Å²) in [4.78, 5) is 16.5. The number of hydrogen-bond acceptors (Lipinski definition) is 4. The molecule has 1 aromatic heterocycles. The number of hydrogen-bond donors (Lipinski definition) is 3. The molecule has 0 radical (unpaired) electrons. The van der Waals surface area contributed by atoms with E-state index in [4.69, 9.17) is 5.11 Å². The van der Waals surface area contributed by atoms with Crippen molar-refractivity contribution >= 4 is 11.7 Å². The lowest BCUT2D eigenvalue weighted by molar-refractivity contribution is 0.0943. The summed E-state index contributed by atoms with van der Waals surface area (Å²) in [5, 5.41) is 15.2. The van der Waals surface area contributed by atoms with Crippen LogP contribution in [0.3, 0.4) is 0 Å². The molecule has 0 aromatic carbocycles. The van der Waals surface area contributed by atoms with Crippen LogP contribution in [-0.2, 0) is 0 Å². The molecule has 1 unspecified atom stereocenters. The van der Waals surface area contributed by atoms with E-state index >= 15 is 0 Å². The standard InChI is InChI=1S/C16H27N3O2/c1-4-6-13(8-10-20)11-18-16(21)14-7-5-9-17-15(14)19-12(2)3/h5,7,9,12-13,20H,4,6,8,10-11H2,1-3H3,(H,17,19)(H,18,21). The highest BCUT2D eigenvalue weighted by Crippen LogP contribution is 2.14. The highest BCUT2D eigenvalue weighted by Gasteiger charge is 2.14. The SMILES string of the molecule is CCCC(CCO)CNC(=O)c1cccnc1NC(C)C. The van der Waals surface area contributed by atoms with Gasteiger partial charge in [0.2, 0.25) is 0 Å². The summed E-state index contributed by atoms with van der Waals surface area (Å²) in [5.74, 6) is 0.812. The summed E-state index contributed by atoms with van der Waals surface area (Å²) in [5.41, 5.74) is 0.561. The van der Waals surface area contributed by atoms with Crippen LogP contribution in [0.25, 0.3) is 0 Å². The van der Waals surface area contributed by atoms with Crippen molar-refractivity contribution in [2.24, 2.45) is 5.92 Å². The number of pyridine rings is 1. The molecule has 3 N–H and O–H groups in total. The van der Waals surface area contributed by atoms with Crippen molar-refractivity contribution in [2.75, 3.05) is 18.5 Å². The van der Waals surface area contributed by atoms with Gasteiger partial charge in [0.1, 0.15) is 5.82 Å². The van der Waals surface area contributed by atoms with Crippen molar-refractivity contribution in [3.63, 3.8) is 0 Å². The number of aliphatic hydroxyl groups excluding tert-OH is 1. The van der Waals surface area contributed by atoms with Crippen molar-refractivity contribution in [3.05, 3.63) is 23.9 Å². The highest BCUT2D eigenvalue weighted by atomic mass is 16.3. The molecule has 21 heavy (non-hydrogen) atoms. The minimum absolute atomic E-state index is 0.120. The van der Waals surface area contributed by atoms with Crippen molar-refractivity contribution in [1.82, 2.24) is 10.3 Å². The van der Waals surface area contributed by atoms with E-state index < -0.39 is 0 Å². The first kappa shape index (κ1) is 17.4. The molecule has 5 heteroatoms. The topological polar surface area (TPSA) is 74.2 Å². The normalized spacial score (nSPS) is 12.2. The van der Waals surface area contributed by atoms with Gasteiger partial charge in [-0.1, -0.05) is 13.3 Å². The molecule has 0 spiro atoms. The van der Waals surface area contributed by atoms with E-state index in [1.54, 1.807) is 18.3 Å². The quantitative estimate of drug-likeness (QED) is 0.654. The Morgan fingerprint density at radius 2 is 2.14 bits per heavy atom. The third kappa shape index (κ3) is 6.12. The zero-order valence-corrected chi connectivity index (χ0v) is 13.2. The lowest BCUT2D eigenvalue weighted by Crippen LogP contribution is -2.31. The van der Waals surface area contributed by atoms with E-state index in [0.717, 1.165) is 19.3 Å². The minimum atomic E-state index is -0.120. The number of nitrogens with zero attached hydrogens (tertiary/aromatic N) is 1. The average Bonchev–Trinajstić information content (AvgIpc) is 2.45. The second kappa shape index (κ2) is 9.34. The fourth-order valence-corrected chi connectivity index (χ4v) is 2.25. The van der Waals surface area contributed by atoms with E-state index in [1.807, 2.05) is 13.8 Å². The van der Waals surface area contributed by atoms with E-state index in [0.29, 0.717) is 23.8 Å². The summed E-state index contributed by atoms with van der Waals surface area (Å²) in [7, 11) is 0. The molecule has 1 aromatic rings. The molecule has 0 fully saturated rings. The first-order chi connectivity index (χ1) is 10.1. The van der Waals surface area contributed by atoms with E-state index in [9.17, 15) is 4.79 Å². The van der Waals surface area contributed by atoms with Crippen molar-refractivity contribution < 1.29 is 9.90 Å². The van der Waals surface area contributed by atoms with Crippen LogP contribution in [-0.4, -0.2) is 35.2 Å². The van der Waals surface area contributed by atoms with Crippen LogP contribution in [0.5, 0.6) is 0 Å². The molecule has 0 bridgehead atoms. The van der Waals surface area contributed by atoms with Crippen LogP contribution < -0.4 is 10.6 Å². The zero-order chi connectivity index (χ0) is 15.7. The van der Waals surface area contributed by atoms with Gasteiger partial charge in [0.25, 0.3) is 5.91 Å². The number of aliphatic hydroxyl groups is 1. The van der Waals surface area contributed by atoms with Gasteiger partial charge in [-0.15, -0.1) is 0 Å². The van der Waals surface area contributed by atoms with Gasteiger partial charge in [-0.05, 0) is 44.7 Å². The monoisotopic (exact) mass is 293 g/mol. The Morgan fingerprint density at radius 1 is 1.38 bits per heavy atom. The molecule has 1 heterocycles. The first-order valence-corrected chi connectivity index (χ1v) is 7.69. The van der Waals surface area contributed by atoms with Crippen LogP contribution >= 0.6 is 0 Å². The first-order valence-electron chi connectivity index (χ1n) is 7.69. The second-order valence-corrected chi connectivity index (χ2v) is 5.58. The maximum Gasteiger partial charge on any atom is 0.255 e. The Kier molecular flexibility index (Phi) is 7.75. The number of anilines is 1. The average molecular weight is 293 g/mol. The third-order valence-electron chi connectivity index (χ3n) is 3.26. The molecule has 0 saturated heterocycles. The van der Waals surface area contributed by atoms with E-state index in [1.165, 1.54) is 0 Å². The number of carbonyl (C=O) groups excluding carboxylic acids is 1. The molecular weight excluding hydrogens is 266 g/mol. The van der Waals surface area contributed by atoms with Gasteiger partial charge < -0.3 is 15.7 Å². The second-order valence-electron chi connectivity index (χ2n) is 5.58. The summed E-state index contributed by atoms with van der Waals surface area (Å²) in [6.45, 7) is 6.87. The lowest BCUT2D eigenvalue weighted by atomic mass is 10.00. The summed E-state index contributed by atoms with van der Waals surface area (Å²) in [6, 6.07) is 3.75. The van der Waals surface area contributed by atoms with Crippen LogP contribution in [0.1, 0.15) is 50.4 Å². The number of aromatic nitrogens is 1. The van der Waals surface area contributed by atoms with Crippen molar-refractivity contribution in [2.45, 2.75) is 46.1 Å². The number of amides is 1. The summed E-state index contributed by atoms with van der Waals surface area (Å²) < 4.78 is 0. The number of rotatable bonds is 9. The van der Waals surface area contributed by atoms with Crippen LogP contribution in [0.2, 0.25) is 0 Å². The van der Waals surface area contributed by atoms with Gasteiger partial charge >= 0.3 is 0 Å². The number of nitrogens with one attached hydrogen (secondary N) is 2. The molecular formula is C16H27N3O2. The molecule has 5 nitrogen and oxygen atoms in total. The van der Waals surface area contributed by atoms with Crippen LogP contribution in [0.4, 0.5) is 5.82 Å². The third-order valence-corrected chi connectivity index (χ3v) is 3.26. The smallest absolute Gasteiger partial charge is 0.255 e. The molecule has 0 aliphatic heterocycles. The maximum atomic E-state index is 12.3. The van der Waals surface area contributed by atoms with Gasteiger partial charge in [0, 0.05) is 25.4 Å². The van der Waals surface area contributed by atoms with Gasteiger partial charge in [0.05, 0.1) is 5.56 Å². The van der Waals surface area contributed by atoms with Crippen molar-refractivity contribution in [1.29, 1.82) is 0 Å².